The minimum Gasteiger partial charge on any atom is -0.324 e. The van der Waals surface area contributed by atoms with Crippen LogP contribution in [0.1, 0.15) is 17.7 Å². The van der Waals surface area contributed by atoms with Gasteiger partial charge >= 0.3 is 6.03 Å². The van der Waals surface area contributed by atoms with Crippen LogP contribution in [-0.4, -0.2) is 38.8 Å². The number of likely N-dealkylation sites (tertiary alicyclic amines) is 1. The van der Waals surface area contributed by atoms with Gasteiger partial charge in [-0.1, -0.05) is 0 Å². The summed E-state index contributed by atoms with van der Waals surface area (Å²) in [4.78, 5) is 18.3. The first-order chi connectivity index (χ1) is 10.6. The maximum Gasteiger partial charge on any atom is 0.321 e. The lowest BCUT2D eigenvalue weighted by molar-refractivity contribution is 0.221. The van der Waals surface area contributed by atoms with Crippen LogP contribution in [0, 0.1) is 12.8 Å². The van der Waals surface area contributed by atoms with Gasteiger partial charge in [0.1, 0.15) is 0 Å². The molecular weight excluding hydrogens is 278 g/mol. The number of pyridine rings is 1. The molecule has 1 unspecified atom stereocenters. The molecule has 1 aliphatic rings. The fraction of sp³-hybridized carbons (Fsp3) is 0.438. The van der Waals surface area contributed by atoms with Crippen molar-refractivity contribution < 1.29 is 4.79 Å². The van der Waals surface area contributed by atoms with Crippen molar-refractivity contribution in [1.29, 1.82) is 0 Å². The van der Waals surface area contributed by atoms with Crippen molar-refractivity contribution in [1.82, 2.24) is 19.7 Å². The molecule has 0 radical (unpaired) electrons. The quantitative estimate of drug-likeness (QED) is 0.945. The number of anilines is 1. The molecule has 116 valence electrons. The van der Waals surface area contributed by atoms with Crippen LogP contribution in [0.3, 0.4) is 0 Å². The van der Waals surface area contributed by atoms with Crippen LogP contribution in [0.25, 0.3) is 0 Å². The molecule has 6 heteroatoms. The number of nitrogens with one attached hydrogen (secondary N) is 1. The normalized spacial score (nSPS) is 17.7. The molecule has 3 rings (SSSR count). The molecule has 0 saturated carbocycles. The van der Waals surface area contributed by atoms with E-state index in [9.17, 15) is 4.79 Å². The van der Waals surface area contributed by atoms with Gasteiger partial charge in [-0.25, -0.2) is 4.79 Å². The Kier molecular flexibility index (Phi) is 4.09. The van der Waals surface area contributed by atoms with Crippen molar-refractivity contribution in [3.63, 3.8) is 0 Å². The smallest absolute Gasteiger partial charge is 0.321 e. The predicted octanol–water partition coefficient (Wildman–Crippen LogP) is 2.22. The van der Waals surface area contributed by atoms with Crippen molar-refractivity contribution in [3.05, 3.63) is 42.0 Å². The Morgan fingerprint density at radius 1 is 1.50 bits per heavy atom. The van der Waals surface area contributed by atoms with E-state index in [1.165, 1.54) is 5.56 Å². The van der Waals surface area contributed by atoms with Gasteiger partial charge in [0.05, 0.1) is 6.20 Å². The second-order valence-electron chi connectivity index (χ2n) is 5.94. The van der Waals surface area contributed by atoms with Crippen LogP contribution < -0.4 is 5.32 Å². The van der Waals surface area contributed by atoms with Crippen LogP contribution in [0.15, 0.2) is 30.7 Å². The fourth-order valence-electron chi connectivity index (χ4n) is 2.92. The first-order valence-corrected chi connectivity index (χ1v) is 7.56. The maximum absolute atomic E-state index is 12.3. The lowest BCUT2D eigenvalue weighted by Gasteiger charge is -2.17. The number of carbonyl (C=O) groups is 1. The number of hydrogen-bond donors (Lipinski definition) is 1. The third-order valence-electron chi connectivity index (χ3n) is 4.00. The number of amides is 2. The molecule has 1 atom stereocenters. The highest BCUT2D eigenvalue weighted by Gasteiger charge is 2.26. The minimum absolute atomic E-state index is 0.0284. The minimum atomic E-state index is -0.0284. The highest BCUT2D eigenvalue weighted by Crippen LogP contribution is 2.21. The maximum atomic E-state index is 12.3. The lowest BCUT2D eigenvalue weighted by Crippen LogP contribution is -2.33. The number of aryl methyl sites for hydroxylation is 2. The van der Waals surface area contributed by atoms with Crippen molar-refractivity contribution in [2.45, 2.75) is 19.8 Å². The SMILES string of the molecule is Cc1cc(NC(=O)N2CCC(Cc3cnn(C)c3)C2)ccn1. The van der Waals surface area contributed by atoms with Crippen LogP contribution in [0.5, 0.6) is 0 Å². The van der Waals surface area contributed by atoms with Crippen molar-refractivity contribution in [2.75, 3.05) is 18.4 Å². The topological polar surface area (TPSA) is 63.1 Å². The van der Waals surface area contributed by atoms with Gasteiger partial charge in [0.15, 0.2) is 0 Å². The number of hydrogen-bond acceptors (Lipinski definition) is 3. The largest absolute Gasteiger partial charge is 0.324 e. The zero-order valence-corrected chi connectivity index (χ0v) is 13.0. The summed E-state index contributed by atoms with van der Waals surface area (Å²) >= 11 is 0. The molecule has 22 heavy (non-hydrogen) atoms. The monoisotopic (exact) mass is 299 g/mol. The van der Waals surface area contributed by atoms with Gasteiger partial charge in [-0.3, -0.25) is 9.67 Å². The molecular formula is C16H21N5O. The van der Waals surface area contributed by atoms with Crippen molar-refractivity contribution in [3.8, 4) is 0 Å². The van der Waals surface area contributed by atoms with E-state index in [1.54, 1.807) is 6.20 Å². The molecule has 3 heterocycles. The third-order valence-corrected chi connectivity index (χ3v) is 4.00. The van der Waals surface area contributed by atoms with E-state index in [2.05, 4.69) is 15.4 Å². The molecule has 2 amide bonds. The van der Waals surface area contributed by atoms with Crippen LogP contribution in [0.4, 0.5) is 10.5 Å². The molecule has 1 fully saturated rings. The van der Waals surface area contributed by atoms with Crippen molar-refractivity contribution in [2.24, 2.45) is 13.0 Å². The summed E-state index contributed by atoms with van der Waals surface area (Å²) in [5.74, 6) is 0.508. The summed E-state index contributed by atoms with van der Waals surface area (Å²) in [5, 5.41) is 7.14. The molecule has 2 aromatic rings. The number of urea groups is 1. The van der Waals surface area contributed by atoms with Gasteiger partial charge in [-0.2, -0.15) is 5.10 Å². The molecule has 0 spiro atoms. The second kappa shape index (κ2) is 6.17. The lowest BCUT2D eigenvalue weighted by atomic mass is 10.0. The highest BCUT2D eigenvalue weighted by atomic mass is 16.2. The average molecular weight is 299 g/mol. The summed E-state index contributed by atoms with van der Waals surface area (Å²) in [6, 6.07) is 3.66. The van der Waals surface area contributed by atoms with E-state index in [1.807, 2.05) is 48.1 Å². The van der Waals surface area contributed by atoms with E-state index >= 15 is 0 Å². The average Bonchev–Trinajstić information content (AvgIpc) is 3.09. The number of rotatable bonds is 3. The molecule has 0 bridgehead atoms. The fourth-order valence-corrected chi connectivity index (χ4v) is 2.92. The molecule has 6 nitrogen and oxygen atoms in total. The van der Waals surface area contributed by atoms with Gasteiger partial charge in [0.2, 0.25) is 0 Å². The standard InChI is InChI=1S/C16H21N5O/c1-12-7-15(3-5-17-12)19-16(22)21-6-4-13(11-21)8-14-9-18-20(2)10-14/h3,5,7,9-10,13H,4,6,8,11H2,1-2H3,(H,17,19,22). The Balaban J connectivity index is 1.54. The zero-order valence-electron chi connectivity index (χ0n) is 13.0. The predicted molar refractivity (Wildman–Crippen MR) is 84.6 cm³/mol. The number of aromatic nitrogens is 3. The number of nitrogens with zero attached hydrogens (tertiary/aromatic N) is 4. The molecule has 0 aliphatic carbocycles. The van der Waals surface area contributed by atoms with E-state index in [4.69, 9.17) is 0 Å². The van der Waals surface area contributed by atoms with Gasteiger partial charge in [0, 0.05) is 43.9 Å². The Morgan fingerprint density at radius 2 is 2.36 bits per heavy atom. The summed E-state index contributed by atoms with van der Waals surface area (Å²) in [6.07, 6.45) is 7.68. The third kappa shape index (κ3) is 3.44. The van der Waals surface area contributed by atoms with Crippen LogP contribution in [-0.2, 0) is 13.5 Å². The Morgan fingerprint density at radius 3 is 3.09 bits per heavy atom. The summed E-state index contributed by atoms with van der Waals surface area (Å²) in [5.41, 5.74) is 2.93. The second-order valence-corrected chi connectivity index (χ2v) is 5.94. The first-order valence-electron chi connectivity index (χ1n) is 7.56. The molecule has 1 aliphatic heterocycles. The summed E-state index contributed by atoms with van der Waals surface area (Å²) in [6.45, 7) is 3.51. The van der Waals surface area contributed by atoms with E-state index in [-0.39, 0.29) is 6.03 Å². The Labute approximate surface area is 130 Å². The van der Waals surface area contributed by atoms with E-state index < -0.39 is 0 Å². The molecule has 1 N–H and O–H groups in total. The van der Waals surface area contributed by atoms with Crippen molar-refractivity contribution >= 4 is 11.7 Å². The summed E-state index contributed by atoms with van der Waals surface area (Å²) in [7, 11) is 1.93. The first kappa shape index (κ1) is 14.6. The van der Waals surface area contributed by atoms with Gasteiger partial charge in [0.25, 0.3) is 0 Å². The highest BCUT2D eigenvalue weighted by molar-refractivity contribution is 5.89. The molecule has 0 aromatic carbocycles. The Bertz CT molecular complexity index is 666. The molecule has 2 aromatic heterocycles. The van der Waals surface area contributed by atoms with E-state index in [0.29, 0.717) is 5.92 Å². The van der Waals surface area contributed by atoms with Gasteiger partial charge in [-0.15, -0.1) is 0 Å². The summed E-state index contributed by atoms with van der Waals surface area (Å²) < 4.78 is 1.82. The van der Waals surface area contributed by atoms with Crippen LogP contribution in [0.2, 0.25) is 0 Å². The zero-order chi connectivity index (χ0) is 15.5. The number of carbonyl (C=O) groups excluding carboxylic acids is 1. The van der Waals surface area contributed by atoms with E-state index in [0.717, 1.165) is 37.3 Å². The Hall–Kier alpha value is -2.37. The van der Waals surface area contributed by atoms with Crippen LogP contribution >= 0.6 is 0 Å². The van der Waals surface area contributed by atoms with Gasteiger partial charge < -0.3 is 10.2 Å². The van der Waals surface area contributed by atoms with Gasteiger partial charge in [-0.05, 0) is 43.4 Å². The molecule has 1 saturated heterocycles.